The van der Waals surface area contributed by atoms with Gasteiger partial charge in [0.25, 0.3) is 0 Å². The molecule has 5 aliphatic heterocycles. The summed E-state index contributed by atoms with van der Waals surface area (Å²) in [6.07, 6.45) is -22.4. The second-order valence-electron chi connectivity index (χ2n) is 17.3. The first-order valence-corrected chi connectivity index (χ1v) is 20.2. The van der Waals surface area contributed by atoms with Gasteiger partial charge in [0, 0.05) is 25.2 Å². The number of ether oxygens (including phenoxy) is 5. The van der Waals surface area contributed by atoms with Crippen molar-refractivity contribution in [3.8, 4) is 0 Å². The van der Waals surface area contributed by atoms with Crippen LogP contribution in [0.5, 0.6) is 0 Å². The molecule has 20 heteroatoms. The van der Waals surface area contributed by atoms with Gasteiger partial charge >= 0.3 is 11.9 Å². The lowest BCUT2D eigenvalue weighted by molar-refractivity contribution is -0.378. The zero-order chi connectivity index (χ0) is 41.2. The molecular formula is C37H58N2O18. The van der Waals surface area contributed by atoms with E-state index in [4.69, 9.17) is 29.4 Å². The van der Waals surface area contributed by atoms with E-state index in [1.165, 1.54) is 0 Å². The fourth-order valence-electron chi connectivity index (χ4n) is 10.8. The van der Waals surface area contributed by atoms with E-state index in [9.17, 15) is 65.4 Å². The van der Waals surface area contributed by atoms with Crippen LogP contribution >= 0.6 is 0 Å². The van der Waals surface area contributed by atoms with Gasteiger partial charge in [0.15, 0.2) is 18.0 Å². The highest BCUT2D eigenvalue weighted by atomic mass is 16.8. The van der Waals surface area contributed by atoms with Crippen LogP contribution in [0.2, 0.25) is 0 Å². The lowest BCUT2D eigenvalue weighted by Gasteiger charge is -2.53. The molecule has 0 aromatic heterocycles. The molecule has 23 atom stereocenters. The van der Waals surface area contributed by atoms with Crippen LogP contribution in [-0.4, -0.2) is 179 Å². The Balaban J connectivity index is 1.18. The number of hydrogen-bond acceptors (Lipinski definition) is 19. The smallest absolute Gasteiger partial charge is 0.340 e. The first kappa shape index (κ1) is 43.1. The average molecular weight is 819 g/mol. The number of hydrogen-bond donors (Lipinski definition) is 12. The van der Waals surface area contributed by atoms with Gasteiger partial charge < -0.3 is 85.8 Å². The quantitative estimate of drug-likeness (QED) is 0.113. The number of aliphatic hydroxyl groups excluding tert-OH is 9. The van der Waals surface area contributed by atoms with E-state index >= 15 is 0 Å². The summed E-state index contributed by atoms with van der Waals surface area (Å²) in [7, 11) is 0. The van der Waals surface area contributed by atoms with E-state index in [2.05, 4.69) is 5.32 Å². The third kappa shape index (κ3) is 7.90. The van der Waals surface area contributed by atoms with Gasteiger partial charge in [0.05, 0.1) is 48.7 Å². The highest BCUT2D eigenvalue weighted by Crippen LogP contribution is 2.53. The summed E-state index contributed by atoms with van der Waals surface area (Å²) in [4.78, 5) is 39.3. The second kappa shape index (κ2) is 16.8. The first-order valence-electron chi connectivity index (χ1n) is 20.2. The number of nitrogens with two attached hydrogens (primary N) is 1. The fraction of sp³-hybridized carbons (Fsp3) is 0.919. The SMILES string of the molecule is CCC1CC(C2CC[C@@]3(OC4CC5OC(C6CCC(O)C(O)C6)CC(=O)C5C(O)C42)O[C@H](C(=O)O[C@@H]2O[C@H](C(=O)O)[C@@H](O)[C@H](O)[C@H]2O)[C@@H](O)[C@H](O)[C@H]3O)CNC1N. The Hall–Kier alpha value is -1.99. The molecule has 7 rings (SSSR count). The normalized spacial score (nSPS) is 53.3. The zero-order valence-corrected chi connectivity index (χ0v) is 31.6. The molecule has 324 valence electrons. The number of esters is 1. The van der Waals surface area contributed by atoms with E-state index in [0.717, 1.165) is 6.42 Å². The molecule has 5 heterocycles. The Morgan fingerprint density at radius 2 is 1.51 bits per heavy atom. The number of carbonyl (C=O) groups excluding carboxylic acids is 2. The minimum atomic E-state index is -2.23. The van der Waals surface area contributed by atoms with E-state index < -0.39 is 121 Å². The number of carbonyl (C=O) groups is 3. The van der Waals surface area contributed by atoms with Gasteiger partial charge in [-0.05, 0) is 62.3 Å². The number of Topliss-reactive ketones (excluding diaryl/α,β-unsaturated/α-hetero) is 1. The number of fused-ring (bicyclic) bond motifs is 2. The van der Waals surface area contributed by atoms with E-state index in [0.29, 0.717) is 25.8 Å². The van der Waals surface area contributed by atoms with Crippen molar-refractivity contribution in [3.63, 3.8) is 0 Å². The number of carboxylic acids is 1. The van der Waals surface area contributed by atoms with Crippen LogP contribution in [0.1, 0.15) is 64.7 Å². The maximum absolute atomic E-state index is 14.0. The number of carboxylic acid groups (broad SMARTS) is 1. The summed E-state index contributed by atoms with van der Waals surface area (Å²) in [6.45, 7) is 2.48. The van der Waals surface area contributed by atoms with E-state index in [1.807, 2.05) is 6.92 Å². The Morgan fingerprint density at radius 1 is 0.789 bits per heavy atom. The van der Waals surface area contributed by atoms with Crippen LogP contribution in [-0.2, 0) is 38.1 Å². The maximum atomic E-state index is 14.0. The summed E-state index contributed by atoms with van der Waals surface area (Å²) in [6, 6.07) is 0. The summed E-state index contributed by atoms with van der Waals surface area (Å²) in [5.41, 5.74) is 6.38. The van der Waals surface area contributed by atoms with Crippen LogP contribution < -0.4 is 11.1 Å². The largest absolute Gasteiger partial charge is 0.479 e. The summed E-state index contributed by atoms with van der Waals surface area (Å²) >= 11 is 0. The van der Waals surface area contributed by atoms with E-state index in [-0.39, 0.29) is 67.7 Å². The molecule has 0 amide bonds. The molecule has 20 nitrogen and oxygen atoms in total. The first-order chi connectivity index (χ1) is 27.0. The monoisotopic (exact) mass is 818 g/mol. The van der Waals surface area contributed by atoms with Crippen molar-refractivity contribution in [1.82, 2.24) is 5.32 Å². The summed E-state index contributed by atoms with van der Waals surface area (Å²) in [5.74, 6) is -8.00. The van der Waals surface area contributed by atoms with Crippen LogP contribution in [0, 0.1) is 35.5 Å². The van der Waals surface area contributed by atoms with Crippen molar-refractivity contribution in [2.24, 2.45) is 41.2 Å². The minimum Gasteiger partial charge on any atom is -0.479 e. The highest BCUT2D eigenvalue weighted by molar-refractivity contribution is 5.83. The predicted octanol–water partition coefficient (Wildman–Crippen LogP) is -4.44. The second-order valence-corrected chi connectivity index (χ2v) is 17.3. The molecular weight excluding hydrogens is 760 g/mol. The van der Waals surface area contributed by atoms with Gasteiger partial charge in [-0.2, -0.15) is 0 Å². The highest BCUT2D eigenvalue weighted by Gasteiger charge is 2.64. The third-order valence-electron chi connectivity index (χ3n) is 14.1. The Labute approximate surface area is 328 Å². The molecule has 2 saturated carbocycles. The molecule has 0 bridgehead atoms. The topological polar surface area (TPSA) is 338 Å². The van der Waals surface area contributed by atoms with Gasteiger partial charge in [-0.15, -0.1) is 0 Å². The van der Waals surface area contributed by atoms with Gasteiger partial charge in [-0.1, -0.05) is 13.3 Å². The van der Waals surface area contributed by atoms with Crippen LogP contribution in [0.15, 0.2) is 0 Å². The van der Waals surface area contributed by atoms with Crippen molar-refractivity contribution in [1.29, 1.82) is 0 Å². The van der Waals surface area contributed by atoms with Crippen LogP contribution in [0.3, 0.4) is 0 Å². The maximum Gasteiger partial charge on any atom is 0.340 e. The van der Waals surface area contributed by atoms with Crippen molar-refractivity contribution >= 4 is 17.7 Å². The molecule has 7 aliphatic rings. The molecule has 0 aromatic carbocycles. The van der Waals surface area contributed by atoms with Crippen molar-refractivity contribution in [3.05, 3.63) is 0 Å². The number of piperidine rings is 1. The number of aliphatic carboxylic acids is 1. The van der Waals surface area contributed by atoms with Crippen molar-refractivity contribution in [2.75, 3.05) is 6.54 Å². The van der Waals surface area contributed by atoms with Gasteiger partial charge in [-0.3, -0.25) is 4.79 Å². The molecule has 0 aromatic rings. The predicted molar refractivity (Wildman–Crippen MR) is 187 cm³/mol. The lowest BCUT2D eigenvalue weighted by Crippen LogP contribution is -2.69. The standard InChI is InChI=1S/C37H58N2O18/c1-2-12-7-14(11-39-33(12)38)15-5-6-37(32(49)28(47)27(46)31(57-37)35(52)55-36-29(48)25(44)26(45)30(54-36)34(50)51)56-21-10-20-23(24(43)22(15)21)18(42)9-19(53-20)13-3-4-16(40)17(41)8-13/h12-17,19-33,36,39-41,43-49H,2-11,38H2,1H3,(H,50,51)/t12?,13?,14?,15?,16?,17?,19?,20?,21?,22?,23?,24?,25-,26-,27-,28-,29+,30-,31-,32+,33?,36-,37+/m0/s1. The van der Waals surface area contributed by atoms with E-state index in [1.54, 1.807) is 0 Å². The van der Waals surface area contributed by atoms with Gasteiger partial charge in [-0.25, -0.2) is 9.59 Å². The van der Waals surface area contributed by atoms with Crippen molar-refractivity contribution < 1.29 is 89.1 Å². The molecule has 13 unspecified atom stereocenters. The Bertz CT molecular complexity index is 1480. The molecule has 5 saturated heterocycles. The molecule has 13 N–H and O–H groups in total. The zero-order valence-electron chi connectivity index (χ0n) is 31.6. The molecule has 57 heavy (non-hydrogen) atoms. The lowest BCUT2D eigenvalue weighted by atomic mass is 9.62. The summed E-state index contributed by atoms with van der Waals surface area (Å²) < 4.78 is 29.6. The Morgan fingerprint density at radius 3 is 2.19 bits per heavy atom. The van der Waals surface area contributed by atoms with Crippen LogP contribution in [0.4, 0.5) is 0 Å². The number of nitrogens with one attached hydrogen (secondary N) is 1. The Kier molecular flexibility index (Phi) is 12.7. The number of ketones is 1. The van der Waals surface area contributed by atoms with Gasteiger partial charge in [0.2, 0.25) is 6.29 Å². The molecule has 0 radical (unpaired) electrons. The van der Waals surface area contributed by atoms with Crippen molar-refractivity contribution in [2.45, 2.75) is 168 Å². The number of aliphatic hydroxyl groups is 9. The summed E-state index contributed by atoms with van der Waals surface area (Å²) in [5, 5.41) is 110. The third-order valence-corrected chi connectivity index (χ3v) is 14.1. The average Bonchev–Trinajstić information content (AvgIpc) is 3.34. The molecule has 2 aliphatic carbocycles. The molecule has 7 fully saturated rings. The molecule has 1 spiro atoms. The number of rotatable bonds is 6. The fourth-order valence-corrected chi connectivity index (χ4v) is 10.8. The van der Waals surface area contributed by atoms with Gasteiger partial charge in [0.1, 0.15) is 42.4 Å². The minimum absolute atomic E-state index is 0.00854. The van der Waals surface area contributed by atoms with Crippen LogP contribution in [0.25, 0.3) is 0 Å².